The van der Waals surface area contributed by atoms with Crippen LogP contribution in [0.1, 0.15) is 35.9 Å². The molecule has 0 bridgehead atoms. The molecule has 7 nitrogen and oxygen atoms in total. The SMILES string of the molecule is CC(C(=O)NC1CC1)N1CCN(C(=O)CCNC(=O)c2cccs2)CC1. The van der Waals surface area contributed by atoms with E-state index < -0.39 is 0 Å². The quantitative estimate of drug-likeness (QED) is 0.731. The largest absolute Gasteiger partial charge is 0.352 e. The van der Waals surface area contributed by atoms with Crippen LogP contribution in [-0.4, -0.2) is 72.3 Å². The summed E-state index contributed by atoms with van der Waals surface area (Å²) in [5.41, 5.74) is 0. The summed E-state index contributed by atoms with van der Waals surface area (Å²) in [5, 5.41) is 7.67. The van der Waals surface area contributed by atoms with Crippen molar-refractivity contribution in [3.63, 3.8) is 0 Å². The van der Waals surface area contributed by atoms with Gasteiger partial charge in [-0.1, -0.05) is 6.07 Å². The van der Waals surface area contributed by atoms with Crippen LogP contribution in [0.4, 0.5) is 0 Å². The first kappa shape index (κ1) is 18.8. The van der Waals surface area contributed by atoms with E-state index in [9.17, 15) is 14.4 Å². The topological polar surface area (TPSA) is 81.8 Å². The number of thiophene rings is 1. The molecule has 2 aliphatic rings. The number of rotatable bonds is 7. The Hall–Kier alpha value is -1.93. The lowest BCUT2D eigenvalue weighted by molar-refractivity contribution is -0.134. The maximum absolute atomic E-state index is 12.3. The highest BCUT2D eigenvalue weighted by Crippen LogP contribution is 2.19. The molecule has 1 atom stereocenters. The van der Waals surface area contributed by atoms with Crippen molar-refractivity contribution >= 4 is 29.1 Å². The first-order valence-electron chi connectivity index (χ1n) is 9.18. The van der Waals surface area contributed by atoms with Gasteiger partial charge in [-0.25, -0.2) is 0 Å². The second-order valence-corrected chi connectivity index (χ2v) is 7.81. The second kappa shape index (κ2) is 8.64. The van der Waals surface area contributed by atoms with Crippen molar-refractivity contribution < 1.29 is 14.4 Å². The maximum atomic E-state index is 12.3. The van der Waals surface area contributed by atoms with E-state index in [0.29, 0.717) is 50.1 Å². The molecular weight excluding hydrogens is 352 g/mol. The van der Waals surface area contributed by atoms with Gasteiger partial charge in [0.05, 0.1) is 10.9 Å². The monoisotopic (exact) mass is 378 g/mol. The van der Waals surface area contributed by atoms with E-state index in [1.54, 1.807) is 6.07 Å². The van der Waals surface area contributed by atoms with Crippen LogP contribution in [0, 0.1) is 0 Å². The minimum atomic E-state index is -0.155. The molecular formula is C18H26N4O3S. The third-order valence-corrected chi connectivity index (χ3v) is 5.76. The zero-order valence-electron chi connectivity index (χ0n) is 15.1. The lowest BCUT2D eigenvalue weighted by Crippen LogP contribution is -2.55. The summed E-state index contributed by atoms with van der Waals surface area (Å²) in [7, 11) is 0. The minimum Gasteiger partial charge on any atom is -0.352 e. The lowest BCUT2D eigenvalue weighted by atomic mass is 10.2. The molecule has 3 rings (SSSR count). The Morgan fingerprint density at radius 2 is 1.96 bits per heavy atom. The van der Waals surface area contributed by atoms with E-state index in [2.05, 4.69) is 15.5 Å². The fourth-order valence-electron chi connectivity index (χ4n) is 3.01. The zero-order valence-corrected chi connectivity index (χ0v) is 15.9. The van der Waals surface area contributed by atoms with Gasteiger partial charge in [0.25, 0.3) is 5.91 Å². The molecule has 0 spiro atoms. The zero-order chi connectivity index (χ0) is 18.5. The van der Waals surface area contributed by atoms with Gasteiger partial charge in [-0.15, -0.1) is 11.3 Å². The third-order valence-electron chi connectivity index (χ3n) is 4.89. The van der Waals surface area contributed by atoms with Crippen LogP contribution >= 0.6 is 11.3 Å². The number of carbonyl (C=O) groups is 3. The van der Waals surface area contributed by atoms with Gasteiger partial charge >= 0.3 is 0 Å². The highest BCUT2D eigenvalue weighted by atomic mass is 32.1. The molecule has 0 radical (unpaired) electrons. The van der Waals surface area contributed by atoms with Crippen LogP contribution in [0.25, 0.3) is 0 Å². The summed E-state index contributed by atoms with van der Waals surface area (Å²) >= 11 is 1.38. The Bertz CT molecular complexity index is 637. The Morgan fingerprint density at radius 1 is 1.23 bits per heavy atom. The van der Waals surface area contributed by atoms with Gasteiger partial charge in [0.1, 0.15) is 0 Å². The number of carbonyl (C=O) groups excluding carboxylic acids is 3. The Kier molecular flexibility index (Phi) is 6.26. The second-order valence-electron chi connectivity index (χ2n) is 6.86. The molecule has 1 aliphatic heterocycles. The van der Waals surface area contributed by atoms with Crippen molar-refractivity contribution in [2.75, 3.05) is 32.7 Å². The highest BCUT2D eigenvalue weighted by molar-refractivity contribution is 7.12. The molecule has 1 saturated heterocycles. The fourth-order valence-corrected chi connectivity index (χ4v) is 3.65. The average molecular weight is 378 g/mol. The highest BCUT2D eigenvalue weighted by Gasteiger charge is 2.30. The number of piperazine rings is 1. The first-order valence-corrected chi connectivity index (χ1v) is 10.1. The summed E-state index contributed by atoms with van der Waals surface area (Å²) in [4.78, 5) is 40.9. The minimum absolute atomic E-state index is 0.0474. The van der Waals surface area contributed by atoms with E-state index in [1.165, 1.54) is 11.3 Å². The predicted molar refractivity (Wildman–Crippen MR) is 100 cm³/mol. The van der Waals surface area contributed by atoms with Crippen LogP contribution in [0.2, 0.25) is 0 Å². The molecule has 1 aromatic rings. The molecule has 142 valence electrons. The molecule has 0 aromatic carbocycles. The van der Waals surface area contributed by atoms with Crippen molar-refractivity contribution in [1.82, 2.24) is 20.4 Å². The van der Waals surface area contributed by atoms with Gasteiger partial charge in [0, 0.05) is 45.2 Å². The smallest absolute Gasteiger partial charge is 0.261 e. The molecule has 2 fully saturated rings. The van der Waals surface area contributed by atoms with E-state index in [4.69, 9.17) is 0 Å². The molecule has 8 heteroatoms. The summed E-state index contributed by atoms with van der Waals surface area (Å²) in [5.74, 6) is 0.00268. The lowest BCUT2D eigenvalue weighted by Gasteiger charge is -2.37. The number of hydrogen-bond acceptors (Lipinski definition) is 5. The third kappa shape index (κ3) is 5.04. The molecule has 1 saturated carbocycles. The van der Waals surface area contributed by atoms with Gasteiger partial charge in [0.2, 0.25) is 11.8 Å². The molecule has 26 heavy (non-hydrogen) atoms. The maximum Gasteiger partial charge on any atom is 0.261 e. The first-order chi connectivity index (χ1) is 12.5. The average Bonchev–Trinajstić information content (AvgIpc) is 3.29. The van der Waals surface area contributed by atoms with Crippen molar-refractivity contribution in [3.05, 3.63) is 22.4 Å². The standard InChI is InChI=1S/C18H26N4O3S/c1-13(17(24)20-14-4-5-14)21-8-10-22(11-9-21)16(23)6-7-19-18(25)15-3-2-12-26-15/h2-3,12-14H,4-11H2,1H3,(H,19,25)(H,20,24). The van der Waals surface area contributed by atoms with Crippen molar-refractivity contribution in [3.8, 4) is 0 Å². The summed E-state index contributed by atoms with van der Waals surface area (Å²) in [6.07, 6.45) is 2.47. The molecule has 2 heterocycles. The van der Waals surface area contributed by atoms with Crippen molar-refractivity contribution in [1.29, 1.82) is 0 Å². The molecule has 1 aliphatic carbocycles. The number of hydrogen-bond donors (Lipinski definition) is 2. The van der Waals surface area contributed by atoms with Gasteiger partial charge in [-0.05, 0) is 31.2 Å². The Labute approximate surface area is 157 Å². The van der Waals surface area contributed by atoms with Crippen LogP contribution in [0.15, 0.2) is 17.5 Å². The predicted octanol–water partition coefficient (Wildman–Crippen LogP) is 0.679. The van der Waals surface area contributed by atoms with Gasteiger partial charge in [0.15, 0.2) is 0 Å². The number of amides is 3. The van der Waals surface area contributed by atoms with E-state index in [-0.39, 0.29) is 23.8 Å². The number of nitrogens with one attached hydrogen (secondary N) is 2. The van der Waals surface area contributed by atoms with Crippen LogP contribution in [-0.2, 0) is 9.59 Å². The van der Waals surface area contributed by atoms with Gasteiger partial charge in [-0.3, -0.25) is 19.3 Å². The van der Waals surface area contributed by atoms with E-state index in [1.807, 2.05) is 23.3 Å². The van der Waals surface area contributed by atoms with Crippen LogP contribution in [0.5, 0.6) is 0 Å². The molecule has 1 unspecified atom stereocenters. The normalized spacial score (nSPS) is 19.0. The molecule has 2 N–H and O–H groups in total. The van der Waals surface area contributed by atoms with E-state index in [0.717, 1.165) is 12.8 Å². The fraction of sp³-hybridized carbons (Fsp3) is 0.611. The van der Waals surface area contributed by atoms with Gasteiger partial charge in [-0.2, -0.15) is 0 Å². The molecule has 1 aromatic heterocycles. The molecule has 3 amide bonds. The van der Waals surface area contributed by atoms with E-state index >= 15 is 0 Å². The Balaban J connectivity index is 1.35. The Morgan fingerprint density at radius 3 is 2.58 bits per heavy atom. The summed E-state index contributed by atoms with van der Waals surface area (Å²) in [6.45, 7) is 4.92. The summed E-state index contributed by atoms with van der Waals surface area (Å²) < 4.78 is 0. The summed E-state index contributed by atoms with van der Waals surface area (Å²) in [6, 6.07) is 3.81. The van der Waals surface area contributed by atoms with Crippen molar-refractivity contribution in [2.45, 2.75) is 38.3 Å². The van der Waals surface area contributed by atoms with Crippen molar-refractivity contribution in [2.24, 2.45) is 0 Å². The number of nitrogens with zero attached hydrogens (tertiary/aromatic N) is 2. The van der Waals surface area contributed by atoms with Crippen LogP contribution in [0.3, 0.4) is 0 Å². The van der Waals surface area contributed by atoms with Gasteiger partial charge < -0.3 is 15.5 Å². The van der Waals surface area contributed by atoms with Crippen LogP contribution < -0.4 is 10.6 Å².